The summed E-state index contributed by atoms with van der Waals surface area (Å²) in [6.45, 7) is 5.24. The van der Waals surface area contributed by atoms with Crippen LogP contribution in [0.4, 0.5) is 10.5 Å². The van der Waals surface area contributed by atoms with Gasteiger partial charge in [-0.1, -0.05) is 12.1 Å². The van der Waals surface area contributed by atoms with E-state index in [1.807, 2.05) is 35.4 Å². The van der Waals surface area contributed by atoms with Gasteiger partial charge < -0.3 is 15.0 Å². The number of nitrogens with one attached hydrogen (secondary N) is 1. The number of nitrogens with zero attached hydrogens (tertiary/aromatic N) is 2. The molecule has 126 valence electrons. The number of likely N-dealkylation sites (tertiary alicyclic amines) is 1. The number of rotatable bonds is 3. The molecule has 0 aliphatic carbocycles. The van der Waals surface area contributed by atoms with Gasteiger partial charge in [-0.05, 0) is 31.2 Å². The average molecular weight is 335 g/mol. The largest absolute Gasteiger partial charge is 0.379 e. The molecule has 0 bridgehead atoms. The molecule has 23 heavy (non-hydrogen) atoms. The van der Waals surface area contributed by atoms with Crippen molar-refractivity contribution in [2.45, 2.75) is 23.8 Å². The Hall–Kier alpha value is -1.24. The van der Waals surface area contributed by atoms with E-state index >= 15 is 0 Å². The van der Waals surface area contributed by atoms with Crippen molar-refractivity contribution in [3.63, 3.8) is 0 Å². The number of urea groups is 1. The lowest BCUT2D eigenvalue weighted by atomic mass is 10.0. The first-order chi connectivity index (χ1) is 11.3. The highest BCUT2D eigenvalue weighted by molar-refractivity contribution is 7.98. The highest BCUT2D eigenvalue weighted by Crippen LogP contribution is 2.25. The second kappa shape index (κ2) is 8.04. The van der Waals surface area contributed by atoms with Crippen molar-refractivity contribution in [1.82, 2.24) is 9.80 Å². The van der Waals surface area contributed by atoms with Crippen LogP contribution < -0.4 is 5.32 Å². The number of ether oxygens (including phenoxy) is 1. The standard InChI is InChI=1S/C17H25N3O2S/c1-23-16-7-3-2-6-15(16)18-17(21)20-8-4-5-14(13-20)19-9-11-22-12-10-19/h2-3,6-7,14H,4-5,8-13H2,1H3,(H,18,21). The van der Waals surface area contributed by atoms with Crippen molar-refractivity contribution in [3.8, 4) is 0 Å². The Kier molecular flexibility index (Phi) is 5.80. The number of carbonyl (C=O) groups is 1. The van der Waals surface area contributed by atoms with E-state index in [0.717, 1.165) is 56.4 Å². The summed E-state index contributed by atoms with van der Waals surface area (Å²) in [6, 6.07) is 8.44. The predicted octanol–water partition coefficient (Wildman–Crippen LogP) is 2.74. The minimum atomic E-state index is 0.0180. The van der Waals surface area contributed by atoms with Crippen molar-refractivity contribution >= 4 is 23.5 Å². The Balaban J connectivity index is 1.60. The van der Waals surface area contributed by atoms with Crippen molar-refractivity contribution < 1.29 is 9.53 Å². The summed E-state index contributed by atoms with van der Waals surface area (Å²) >= 11 is 1.65. The van der Waals surface area contributed by atoms with Crippen molar-refractivity contribution in [1.29, 1.82) is 0 Å². The van der Waals surface area contributed by atoms with Crippen LogP contribution in [0.25, 0.3) is 0 Å². The number of hydrogen-bond donors (Lipinski definition) is 1. The van der Waals surface area contributed by atoms with E-state index in [9.17, 15) is 4.79 Å². The Morgan fingerprint density at radius 2 is 2.04 bits per heavy atom. The second-order valence-corrected chi connectivity index (χ2v) is 6.87. The maximum atomic E-state index is 12.6. The monoisotopic (exact) mass is 335 g/mol. The average Bonchev–Trinajstić information content (AvgIpc) is 2.63. The molecule has 5 nitrogen and oxygen atoms in total. The van der Waals surface area contributed by atoms with E-state index < -0.39 is 0 Å². The molecule has 1 unspecified atom stereocenters. The Labute approximate surface area is 142 Å². The van der Waals surface area contributed by atoms with Crippen LogP contribution in [-0.2, 0) is 4.74 Å². The molecule has 1 N–H and O–H groups in total. The third-order valence-corrected chi connectivity index (χ3v) is 5.39. The number of morpholine rings is 1. The zero-order valence-electron chi connectivity index (χ0n) is 13.7. The third-order valence-electron chi connectivity index (χ3n) is 4.59. The van der Waals surface area contributed by atoms with E-state index in [0.29, 0.717) is 6.04 Å². The Bertz CT molecular complexity index is 534. The first kappa shape index (κ1) is 16.6. The van der Waals surface area contributed by atoms with Crippen LogP contribution in [0.5, 0.6) is 0 Å². The van der Waals surface area contributed by atoms with E-state index in [2.05, 4.69) is 10.2 Å². The fourth-order valence-electron chi connectivity index (χ4n) is 3.32. The number of hydrogen-bond acceptors (Lipinski definition) is 4. The molecule has 0 spiro atoms. The summed E-state index contributed by atoms with van der Waals surface area (Å²) in [7, 11) is 0. The van der Waals surface area contributed by atoms with Crippen LogP contribution in [0.3, 0.4) is 0 Å². The summed E-state index contributed by atoms with van der Waals surface area (Å²) in [6.07, 6.45) is 4.27. The van der Waals surface area contributed by atoms with Crippen LogP contribution in [0.1, 0.15) is 12.8 Å². The zero-order valence-corrected chi connectivity index (χ0v) is 14.5. The lowest BCUT2D eigenvalue weighted by Crippen LogP contribution is -2.53. The number of piperidine rings is 1. The summed E-state index contributed by atoms with van der Waals surface area (Å²) in [5.41, 5.74) is 0.901. The summed E-state index contributed by atoms with van der Waals surface area (Å²) in [5, 5.41) is 3.08. The smallest absolute Gasteiger partial charge is 0.321 e. The zero-order chi connectivity index (χ0) is 16.1. The molecule has 3 rings (SSSR count). The van der Waals surface area contributed by atoms with Gasteiger partial charge in [-0.3, -0.25) is 4.90 Å². The molecule has 1 atom stereocenters. The summed E-state index contributed by atoms with van der Waals surface area (Å²) in [4.78, 5) is 18.2. The molecule has 2 aliphatic heterocycles. The fraction of sp³-hybridized carbons (Fsp3) is 0.588. The quantitative estimate of drug-likeness (QED) is 0.863. The highest BCUT2D eigenvalue weighted by atomic mass is 32.2. The van der Waals surface area contributed by atoms with Crippen molar-refractivity contribution in [2.24, 2.45) is 0 Å². The molecular weight excluding hydrogens is 310 g/mol. The van der Waals surface area contributed by atoms with Gasteiger partial charge in [0.05, 0.1) is 18.9 Å². The molecule has 0 aromatic heterocycles. The molecule has 1 aromatic rings. The van der Waals surface area contributed by atoms with Gasteiger partial charge in [0.15, 0.2) is 0 Å². The predicted molar refractivity (Wildman–Crippen MR) is 94.2 cm³/mol. The van der Waals surface area contributed by atoms with Gasteiger partial charge in [-0.25, -0.2) is 4.79 Å². The highest BCUT2D eigenvalue weighted by Gasteiger charge is 2.28. The first-order valence-electron chi connectivity index (χ1n) is 8.28. The summed E-state index contributed by atoms with van der Waals surface area (Å²) < 4.78 is 5.43. The van der Waals surface area contributed by atoms with Crippen LogP contribution in [0.15, 0.2) is 29.2 Å². The van der Waals surface area contributed by atoms with Gasteiger partial charge in [0.1, 0.15) is 0 Å². The number of carbonyl (C=O) groups excluding carboxylic acids is 1. The van der Waals surface area contributed by atoms with Gasteiger partial charge >= 0.3 is 6.03 Å². The molecule has 2 aliphatic rings. The van der Waals surface area contributed by atoms with Gasteiger partial charge in [-0.2, -0.15) is 0 Å². The van der Waals surface area contributed by atoms with Crippen molar-refractivity contribution in [3.05, 3.63) is 24.3 Å². The molecule has 6 heteroatoms. The molecule has 2 amide bonds. The number of anilines is 1. The Morgan fingerprint density at radius 1 is 1.26 bits per heavy atom. The number of thioether (sulfide) groups is 1. The van der Waals surface area contributed by atoms with Crippen LogP contribution >= 0.6 is 11.8 Å². The molecule has 1 aromatic carbocycles. The fourth-order valence-corrected chi connectivity index (χ4v) is 3.88. The minimum Gasteiger partial charge on any atom is -0.379 e. The van der Waals surface area contributed by atoms with Crippen LogP contribution in [0, 0.1) is 0 Å². The summed E-state index contributed by atoms with van der Waals surface area (Å²) in [5.74, 6) is 0. The maximum Gasteiger partial charge on any atom is 0.321 e. The van der Waals surface area contributed by atoms with E-state index in [1.54, 1.807) is 11.8 Å². The third kappa shape index (κ3) is 4.19. The maximum absolute atomic E-state index is 12.6. The van der Waals surface area contributed by atoms with Crippen LogP contribution in [0.2, 0.25) is 0 Å². The first-order valence-corrected chi connectivity index (χ1v) is 9.51. The molecule has 0 saturated carbocycles. The van der Waals surface area contributed by atoms with Gasteiger partial charge in [0, 0.05) is 37.1 Å². The lowest BCUT2D eigenvalue weighted by molar-refractivity contribution is 0.00248. The van der Waals surface area contributed by atoms with Crippen molar-refractivity contribution in [2.75, 3.05) is 51.0 Å². The molecule has 2 heterocycles. The number of amides is 2. The Morgan fingerprint density at radius 3 is 2.83 bits per heavy atom. The topological polar surface area (TPSA) is 44.8 Å². The van der Waals surface area contributed by atoms with E-state index in [4.69, 9.17) is 4.74 Å². The van der Waals surface area contributed by atoms with Gasteiger partial charge in [-0.15, -0.1) is 11.8 Å². The SMILES string of the molecule is CSc1ccccc1NC(=O)N1CCCC(N2CCOCC2)C1. The van der Waals surface area contributed by atoms with Gasteiger partial charge in [0.25, 0.3) is 0 Å². The normalized spacial score (nSPS) is 22.8. The number of para-hydroxylation sites is 1. The minimum absolute atomic E-state index is 0.0180. The molecule has 2 fully saturated rings. The van der Waals surface area contributed by atoms with Crippen LogP contribution in [-0.4, -0.2) is 67.5 Å². The van der Waals surface area contributed by atoms with E-state index in [-0.39, 0.29) is 6.03 Å². The van der Waals surface area contributed by atoms with Gasteiger partial charge in [0.2, 0.25) is 0 Å². The molecule has 2 saturated heterocycles. The molecule has 0 radical (unpaired) electrons. The lowest BCUT2D eigenvalue weighted by Gasteiger charge is -2.40. The molecular formula is C17H25N3O2S. The van der Waals surface area contributed by atoms with E-state index in [1.165, 1.54) is 6.42 Å². The number of benzene rings is 1. The second-order valence-electron chi connectivity index (χ2n) is 6.02.